The molecule has 0 aromatic heterocycles. The molecule has 17 heavy (non-hydrogen) atoms. The number of carbonyl (C=O) groups is 1. The van der Waals surface area contributed by atoms with Gasteiger partial charge in [0.25, 0.3) is 0 Å². The average Bonchev–Trinajstić information content (AvgIpc) is 2.29. The molecule has 0 saturated heterocycles. The molecule has 1 rings (SSSR count). The van der Waals surface area contributed by atoms with Gasteiger partial charge in [-0.2, -0.15) is 0 Å². The van der Waals surface area contributed by atoms with E-state index < -0.39 is 0 Å². The van der Waals surface area contributed by atoms with Crippen molar-refractivity contribution in [1.29, 1.82) is 0 Å². The SMILES string of the molecule is CC#CCCC(=O)CCOc1cccc(C)c1. The van der Waals surface area contributed by atoms with Crippen LogP contribution in [0.25, 0.3) is 0 Å². The van der Waals surface area contributed by atoms with Gasteiger partial charge in [0.1, 0.15) is 11.5 Å². The molecule has 0 heterocycles. The minimum atomic E-state index is 0.209. The van der Waals surface area contributed by atoms with Crippen molar-refractivity contribution in [2.75, 3.05) is 6.61 Å². The zero-order chi connectivity index (χ0) is 12.5. The third-order valence-corrected chi connectivity index (χ3v) is 2.34. The van der Waals surface area contributed by atoms with E-state index in [1.807, 2.05) is 31.2 Å². The van der Waals surface area contributed by atoms with Gasteiger partial charge in [0.15, 0.2) is 0 Å². The molecule has 1 aromatic carbocycles. The fraction of sp³-hybridized carbons (Fsp3) is 0.400. The van der Waals surface area contributed by atoms with Crippen molar-refractivity contribution in [3.8, 4) is 17.6 Å². The van der Waals surface area contributed by atoms with E-state index in [-0.39, 0.29) is 5.78 Å². The number of rotatable bonds is 6. The van der Waals surface area contributed by atoms with Gasteiger partial charge in [-0.25, -0.2) is 0 Å². The van der Waals surface area contributed by atoms with E-state index in [2.05, 4.69) is 11.8 Å². The first-order chi connectivity index (χ1) is 8.22. The summed E-state index contributed by atoms with van der Waals surface area (Å²) in [5.41, 5.74) is 1.16. The Labute approximate surface area is 103 Å². The predicted molar refractivity (Wildman–Crippen MR) is 69.0 cm³/mol. The van der Waals surface area contributed by atoms with Crippen molar-refractivity contribution >= 4 is 5.78 Å². The van der Waals surface area contributed by atoms with Crippen molar-refractivity contribution in [3.63, 3.8) is 0 Å². The summed E-state index contributed by atoms with van der Waals surface area (Å²) in [4.78, 5) is 11.4. The molecule has 0 fully saturated rings. The van der Waals surface area contributed by atoms with Crippen molar-refractivity contribution in [1.82, 2.24) is 0 Å². The molecule has 90 valence electrons. The molecule has 2 heteroatoms. The van der Waals surface area contributed by atoms with Crippen molar-refractivity contribution in [2.45, 2.75) is 33.1 Å². The third-order valence-electron chi connectivity index (χ3n) is 2.34. The predicted octanol–water partition coefficient (Wildman–Crippen LogP) is 3.14. The van der Waals surface area contributed by atoms with Crippen LogP contribution in [0.3, 0.4) is 0 Å². The molecule has 0 amide bonds. The minimum absolute atomic E-state index is 0.209. The van der Waals surface area contributed by atoms with Crippen LogP contribution in [0.1, 0.15) is 31.7 Å². The lowest BCUT2D eigenvalue weighted by atomic mass is 10.2. The highest BCUT2D eigenvalue weighted by Gasteiger charge is 2.01. The topological polar surface area (TPSA) is 26.3 Å². The van der Waals surface area contributed by atoms with Gasteiger partial charge in [-0.15, -0.1) is 11.8 Å². The fourth-order valence-corrected chi connectivity index (χ4v) is 1.44. The quantitative estimate of drug-likeness (QED) is 0.702. The smallest absolute Gasteiger partial charge is 0.137 e. The molecule has 1 aromatic rings. The van der Waals surface area contributed by atoms with Gasteiger partial charge in [-0.1, -0.05) is 12.1 Å². The van der Waals surface area contributed by atoms with Crippen LogP contribution in [-0.2, 0) is 4.79 Å². The van der Waals surface area contributed by atoms with Gasteiger partial charge >= 0.3 is 0 Å². The Kier molecular flexibility index (Phi) is 5.88. The number of benzene rings is 1. The molecule has 0 atom stereocenters. The normalized spacial score (nSPS) is 9.29. The summed E-state index contributed by atoms with van der Waals surface area (Å²) in [6.07, 6.45) is 1.64. The highest BCUT2D eigenvalue weighted by molar-refractivity contribution is 5.78. The Morgan fingerprint density at radius 3 is 2.88 bits per heavy atom. The summed E-state index contributed by atoms with van der Waals surface area (Å²) in [6.45, 7) is 4.24. The fourth-order valence-electron chi connectivity index (χ4n) is 1.44. The standard InChI is InChI=1S/C15H18O2/c1-3-4-5-8-14(16)10-11-17-15-9-6-7-13(2)12-15/h6-7,9,12H,5,8,10-11H2,1-2H3. The molecule has 0 aliphatic carbocycles. The lowest BCUT2D eigenvalue weighted by molar-refractivity contribution is -0.119. The molecule has 0 unspecified atom stereocenters. The maximum atomic E-state index is 11.4. The number of Topliss-reactive ketones (excluding diaryl/α,β-unsaturated/α-hetero) is 1. The van der Waals surface area contributed by atoms with Crippen LogP contribution in [0, 0.1) is 18.8 Å². The lowest BCUT2D eigenvalue weighted by Gasteiger charge is -2.05. The number of hydrogen-bond donors (Lipinski definition) is 0. The van der Waals surface area contributed by atoms with Crippen molar-refractivity contribution in [2.24, 2.45) is 0 Å². The lowest BCUT2D eigenvalue weighted by Crippen LogP contribution is -2.05. The van der Waals surface area contributed by atoms with Crippen LogP contribution in [-0.4, -0.2) is 12.4 Å². The molecule has 0 bridgehead atoms. The molecular formula is C15H18O2. The minimum Gasteiger partial charge on any atom is -0.493 e. The highest BCUT2D eigenvalue weighted by Crippen LogP contribution is 2.12. The second-order valence-corrected chi connectivity index (χ2v) is 3.88. The van der Waals surface area contributed by atoms with E-state index in [9.17, 15) is 4.79 Å². The van der Waals surface area contributed by atoms with E-state index in [1.54, 1.807) is 6.92 Å². The van der Waals surface area contributed by atoms with Crippen LogP contribution < -0.4 is 4.74 Å². The third kappa shape index (κ3) is 5.77. The Morgan fingerprint density at radius 1 is 1.35 bits per heavy atom. The summed E-state index contributed by atoms with van der Waals surface area (Å²) in [7, 11) is 0. The Morgan fingerprint density at radius 2 is 2.18 bits per heavy atom. The van der Waals surface area contributed by atoms with Crippen LogP contribution in [0.15, 0.2) is 24.3 Å². The highest BCUT2D eigenvalue weighted by atomic mass is 16.5. The van der Waals surface area contributed by atoms with Gasteiger partial charge in [0.05, 0.1) is 6.61 Å². The van der Waals surface area contributed by atoms with Crippen LogP contribution in [0.4, 0.5) is 0 Å². The summed E-state index contributed by atoms with van der Waals surface area (Å²) < 4.78 is 5.51. The first kappa shape index (κ1) is 13.3. The second-order valence-electron chi connectivity index (χ2n) is 3.88. The summed E-state index contributed by atoms with van der Waals surface area (Å²) in [5.74, 6) is 6.69. The molecule has 0 saturated carbocycles. The number of ether oxygens (including phenoxy) is 1. The Bertz CT molecular complexity index is 424. The zero-order valence-corrected chi connectivity index (χ0v) is 10.5. The van der Waals surface area contributed by atoms with Gasteiger partial charge in [-0.05, 0) is 31.5 Å². The first-order valence-corrected chi connectivity index (χ1v) is 5.83. The summed E-state index contributed by atoms with van der Waals surface area (Å²) in [5, 5.41) is 0. The van der Waals surface area contributed by atoms with Crippen molar-refractivity contribution in [3.05, 3.63) is 29.8 Å². The van der Waals surface area contributed by atoms with E-state index in [0.717, 1.165) is 11.3 Å². The molecule has 2 nitrogen and oxygen atoms in total. The molecular weight excluding hydrogens is 212 g/mol. The van der Waals surface area contributed by atoms with E-state index in [0.29, 0.717) is 25.9 Å². The molecule has 0 N–H and O–H groups in total. The monoisotopic (exact) mass is 230 g/mol. The zero-order valence-electron chi connectivity index (χ0n) is 10.5. The number of carbonyl (C=O) groups excluding carboxylic acids is 1. The first-order valence-electron chi connectivity index (χ1n) is 5.83. The molecule has 0 aliphatic rings. The van der Waals surface area contributed by atoms with Crippen LogP contribution in [0.5, 0.6) is 5.75 Å². The van der Waals surface area contributed by atoms with Gasteiger partial charge in [-0.3, -0.25) is 4.79 Å². The van der Waals surface area contributed by atoms with Crippen LogP contribution in [0.2, 0.25) is 0 Å². The Hall–Kier alpha value is -1.75. The maximum absolute atomic E-state index is 11.4. The molecule has 0 spiro atoms. The number of ketones is 1. The number of hydrogen-bond acceptors (Lipinski definition) is 2. The number of aryl methyl sites for hydroxylation is 1. The van der Waals surface area contributed by atoms with Crippen LogP contribution >= 0.6 is 0 Å². The van der Waals surface area contributed by atoms with E-state index in [1.165, 1.54) is 0 Å². The van der Waals surface area contributed by atoms with E-state index >= 15 is 0 Å². The largest absolute Gasteiger partial charge is 0.493 e. The Balaban J connectivity index is 2.23. The summed E-state index contributed by atoms with van der Waals surface area (Å²) in [6, 6.07) is 7.83. The van der Waals surface area contributed by atoms with Gasteiger partial charge in [0, 0.05) is 19.3 Å². The average molecular weight is 230 g/mol. The molecule has 0 radical (unpaired) electrons. The molecule has 0 aliphatic heterocycles. The second kappa shape index (κ2) is 7.51. The van der Waals surface area contributed by atoms with Gasteiger partial charge < -0.3 is 4.74 Å². The van der Waals surface area contributed by atoms with Gasteiger partial charge in [0.2, 0.25) is 0 Å². The summed E-state index contributed by atoms with van der Waals surface area (Å²) >= 11 is 0. The van der Waals surface area contributed by atoms with E-state index in [4.69, 9.17) is 4.74 Å². The van der Waals surface area contributed by atoms with Crippen molar-refractivity contribution < 1.29 is 9.53 Å². The maximum Gasteiger partial charge on any atom is 0.137 e.